The van der Waals surface area contributed by atoms with Crippen LogP contribution in [0.4, 0.5) is 13.2 Å². The summed E-state index contributed by atoms with van der Waals surface area (Å²) < 4.78 is 80.8. The molecular weight excluding hydrogens is 427 g/mol. The Kier molecular flexibility index (Phi) is 7.11. The number of sulfonamides is 1. The van der Waals surface area contributed by atoms with Gasteiger partial charge in [-0.25, -0.2) is 8.42 Å². The number of halogens is 3. The van der Waals surface area contributed by atoms with Crippen LogP contribution in [0.25, 0.3) is 0 Å². The molecule has 1 aliphatic heterocycles. The van der Waals surface area contributed by atoms with Crippen molar-refractivity contribution in [2.75, 3.05) is 33.4 Å². The molecule has 0 atom stereocenters. The normalized spacial score (nSPS) is 16.8. The first-order chi connectivity index (χ1) is 14.2. The Morgan fingerprint density at radius 3 is 2.63 bits per heavy atom. The molecule has 8 nitrogen and oxygen atoms in total. The van der Waals surface area contributed by atoms with E-state index in [-0.39, 0.29) is 30.5 Å². The number of hydrogen-bond donors (Lipinski definition) is 0. The lowest BCUT2D eigenvalue weighted by Gasteiger charge is -2.29. The number of alkyl halides is 3. The van der Waals surface area contributed by atoms with Crippen molar-refractivity contribution in [3.63, 3.8) is 0 Å². The van der Waals surface area contributed by atoms with E-state index in [0.29, 0.717) is 43.8 Å². The van der Waals surface area contributed by atoms with Gasteiger partial charge in [-0.05, 0) is 31.0 Å². The maximum absolute atomic E-state index is 12.9. The second kappa shape index (κ2) is 9.41. The molecule has 0 amide bonds. The maximum atomic E-state index is 12.9. The molecule has 3 rings (SSSR count). The molecule has 12 heteroatoms. The van der Waals surface area contributed by atoms with Gasteiger partial charge in [0.25, 0.3) is 5.89 Å². The molecule has 1 aromatic heterocycles. The van der Waals surface area contributed by atoms with Crippen LogP contribution in [-0.4, -0.2) is 56.3 Å². The summed E-state index contributed by atoms with van der Waals surface area (Å²) in [6.07, 6.45) is -3.74. The summed E-state index contributed by atoms with van der Waals surface area (Å²) in [7, 11) is -2.46. The first-order valence-corrected chi connectivity index (χ1v) is 10.7. The number of ether oxygens (including phenoxy) is 2. The maximum Gasteiger partial charge on any atom is 0.416 e. The first-order valence-electron chi connectivity index (χ1n) is 9.28. The lowest BCUT2D eigenvalue weighted by Crippen LogP contribution is -2.38. The predicted molar refractivity (Wildman–Crippen MR) is 98.0 cm³/mol. The van der Waals surface area contributed by atoms with Gasteiger partial charge in [0.05, 0.1) is 23.7 Å². The molecule has 2 aromatic rings. The molecule has 0 radical (unpaired) electrons. The summed E-state index contributed by atoms with van der Waals surface area (Å²) in [5.41, 5.74) is -0.995. The van der Waals surface area contributed by atoms with Crippen LogP contribution in [0.5, 0.6) is 0 Å². The van der Waals surface area contributed by atoms with E-state index in [1.54, 1.807) is 7.11 Å². The predicted octanol–water partition coefficient (Wildman–Crippen LogP) is 2.82. The minimum absolute atomic E-state index is 0.102. The number of nitrogens with zero attached hydrogens (tertiary/aromatic N) is 3. The molecule has 1 saturated heterocycles. The van der Waals surface area contributed by atoms with Gasteiger partial charge in [-0.1, -0.05) is 11.2 Å². The van der Waals surface area contributed by atoms with E-state index in [4.69, 9.17) is 14.0 Å². The highest BCUT2D eigenvalue weighted by Gasteiger charge is 2.35. The fourth-order valence-electron chi connectivity index (χ4n) is 3.13. The molecule has 30 heavy (non-hydrogen) atoms. The standard InChI is InChI=1S/C18H22F3N3O5S/c1-27-9-10-28-12-16-22-17(23-29-16)13-5-7-24(8-6-13)30(25,26)15-4-2-3-14(11-15)18(19,20)21/h2-4,11,13H,5-10,12H2,1H3. The molecule has 0 aliphatic carbocycles. The molecule has 166 valence electrons. The van der Waals surface area contributed by atoms with Gasteiger partial charge in [-0.2, -0.15) is 22.5 Å². The third-order valence-electron chi connectivity index (χ3n) is 4.76. The number of hydrogen-bond acceptors (Lipinski definition) is 7. The number of rotatable bonds is 8. The van der Waals surface area contributed by atoms with Crippen molar-refractivity contribution >= 4 is 10.0 Å². The minimum Gasteiger partial charge on any atom is -0.382 e. The molecule has 0 unspecified atom stereocenters. The average molecular weight is 449 g/mol. The summed E-state index contributed by atoms with van der Waals surface area (Å²) in [5, 5.41) is 3.93. The van der Waals surface area contributed by atoms with E-state index in [1.165, 1.54) is 10.4 Å². The third-order valence-corrected chi connectivity index (χ3v) is 6.65. The van der Waals surface area contributed by atoms with Gasteiger partial charge >= 0.3 is 6.18 Å². The number of piperidine rings is 1. The lowest BCUT2D eigenvalue weighted by molar-refractivity contribution is -0.137. The number of methoxy groups -OCH3 is 1. The van der Waals surface area contributed by atoms with Crippen LogP contribution >= 0.6 is 0 Å². The molecule has 0 N–H and O–H groups in total. The highest BCUT2D eigenvalue weighted by Crippen LogP contribution is 2.33. The smallest absolute Gasteiger partial charge is 0.382 e. The minimum atomic E-state index is -4.61. The van der Waals surface area contributed by atoms with Gasteiger partial charge in [-0.15, -0.1) is 0 Å². The van der Waals surface area contributed by atoms with Gasteiger partial charge in [0.15, 0.2) is 5.82 Å². The summed E-state index contributed by atoms with van der Waals surface area (Å²) in [6.45, 7) is 1.29. The van der Waals surface area contributed by atoms with Crippen molar-refractivity contribution in [2.24, 2.45) is 0 Å². The van der Waals surface area contributed by atoms with Crippen LogP contribution in [0.1, 0.15) is 36.0 Å². The van der Waals surface area contributed by atoms with Crippen LogP contribution < -0.4 is 0 Å². The number of aromatic nitrogens is 2. The average Bonchev–Trinajstić information content (AvgIpc) is 3.20. The zero-order valence-electron chi connectivity index (χ0n) is 16.3. The van der Waals surface area contributed by atoms with Crippen LogP contribution in [0.2, 0.25) is 0 Å². The van der Waals surface area contributed by atoms with E-state index in [1.807, 2.05) is 0 Å². The van der Waals surface area contributed by atoms with E-state index in [9.17, 15) is 21.6 Å². The van der Waals surface area contributed by atoms with Crippen LogP contribution in [0.15, 0.2) is 33.7 Å². The molecule has 1 aromatic carbocycles. The summed E-state index contributed by atoms with van der Waals surface area (Å²) in [5.74, 6) is 0.686. The SMILES string of the molecule is COCCOCc1nc(C2CCN(S(=O)(=O)c3cccc(C(F)(F)F)c3)CC2)no1. The fourth-order valence-corrected chi connectivity index (χ4v) is 4.65. The molecule has 0 spiro atoms. The van der Waals surface area contributed by atoms with Gasteiger partial charge in [0.2, 0.25) is 10.0 Å². The Balaban J connectivity index is 1.61. The van der Waals surface area contributed by atoms with Crippen molar-refractivity contribution < 1.29 is 35.6 Å². The van der Waals surface area contributed by atoms with Crippen molar-refractivity contribution in [1.29, 1.82) is 0 Å². The quantitative estimate of drug-likeness (QED) is 0.572. The Labute approximate surface area is 172 Å². The van der Waals surface area contributed by atoms with Crippen molar-refractivity contribution in [1.82, 2.24) is 14.4 Å². The van der Waals surface area contributed by atoms with Gasteiger partial charge in [-0.3, -0.25) is 0 Å². The van der Waals surface area contributed by atoms with E-state index >= 15 is 0 Å². The Hall–Kier alpha value is -2.02. The van der Waals surface area contributed by atoms with Crippen LogP contribution in [-0.2, 0) is 32.3 Å². The van der Waals surface area contributed by atoms with E-state index in [0.717, 1.165) is 12.1 Å². The van der Waals surface area contributed by atoms with Crippen molar-refractivity contribution in [3.05, 3.63) is 41.5 Å². The molecular formula is C18H22F3N3O5S. The molecule has 0 bridgehead atoms. The summed E-state index contributed by atoms with van der Waals surface area (Å²) in [4.78, 5) is 3.91. The van der Waals surface area contributed by atoms with Crippen LogP contribution in [0, 0.1) is 0 Å². The van der Waals surface area contributed by atoms with Crippen molar-refractivity contribution in [3.8, 4) is 0 Å². The van der Waals surface area contributed by atoms with Gasteiger partial charge in [0, 0.05) is 26.1 Å². The largest absolute Gasteiger partial charge is 0.416 e. The third kappa shape index (κ3) is 5.36. The molecule has 2 heterocycles. The summed E-state index contributed by atoms with van der Waals surface area (Å²) >= 11 is 0. The van der Waals surface area contributed by atoms with E-state index in [2.05, 4.69) is 10.1 Å². The van der Waals surface area contributed by atoms with E-state index < -0.39 is 21.8 Å². The highest BCUT2D eigenvalue weighted by molar-refractivity contribution is 7.89. The van der Waals surface area contributed by atoms with Crippen LogP contribution in [0.3, 0.4) is 0 Å². The van der Waals surface area contributed by atoms with Gasteiger partial charge in [0.1, 0.15) is 6.61 Å². The topological polar surface area (TPSA) is 94.8 Å². The molecule has 0 saturated carbocycles. The second-order valence-electron chi connectivity index (χ2n) is 6.80. The highest BCUT2D eigenvalue weighted by atomic mass is 32.2. The Morgan fingerprint density at radius 1 is 1.23 bits per heavy atom. The zero-order valence-corrected chi connectivity index (χ0v) is 17.1. The lowest BCUT2D eigenvalue weighted by atomic mass is 9.98. The van der Waals surface area contributed by atoms with Crippen molar-refractivity contribution in [2.45, 2.75) is 36.4 Å². The van der Waals surface area contributed by atoms with Gasteiger partial charge < -0.3 is 14.0 Å². The first kappa shape index (κ1) is 22.7. The zero-order chi connectivity index (χ0) is 21.8. The Bertz CT molecular complexity index is 941. The second-order valence-corrected chi connectivity index (χ2v) is 8.73. The Morgan fingerprint density at radius 2 is 1.97 bits per heavy atom. The summed E-state index contributed by atoms with van der Waals surface area (Å²) in [6, 6.07) is 3.78. The monoisotopic (exact) mass is 449 g/mol. The molecule has 1 fully saturated rings. The fraction of sp³-hybridized carbons (Fsp3) is 0.556. The molecule has 1 aliphatic rings. The number of benzene rings is 1.